The van der Waals surface area contributed by atoms with Crippen LogP contribution in [0.2, 0.25) is 19.6 Å². The summed E-state index contributed by atoms with van der Waals surface area (Å²) in [5.41, 5.74) is 0.678. The average Bonchev–Trinajstić information content (AvgIpc) is 2.27. The van der Waals surface area contributed by atoms with Crippen LogP contribution >= 0.6 is 0 Å². The van der Waals surface area contributed by atoms with Crippen LogP contribution in [0.15, 0.2) is 30.3 Å². The summed E-state index contributed by atoms with van der Waals surface area (Å²) in [6, 6.07) is 10.1. The number of hydrogen-bond donors (Lipinski definition) is 0. The van der Waals surface area contributed by atoms with Gasteiger partial charge in [-0.2, -0.15) is 0 Å². The first-order chi connectivity index (χ1) is 8.14. The minimum Gasteiger partial charge on any atom is -0.519 e. The largest absolute Gasteiger partial charge is 0.519 e. The van der Waals surface area contributed by atoms with E-state index in [1.807, 2.05) is 51.7 Å². The molecular formula is C15H24O2Si. The van der Waals surface area contributed by atoms with Crippen molar-refractivity contribution in [1.29, 1.82) is 0 Å². The molecule has 2 nitrogen and oxygen atoms in total. The van der Waals surface area contributed by atoms with Crippen LogP contribution in [0.4, 0.5) is 0 Å². The Balaban J connectivity index is 2.89. The van der Waals surface area contributed by atoms with Crippen LogP contribution in [0.5, 0.6) is 0 Å². The summed E-state index contributed by atoms with van der Waals surface area (Å²) in [5, 5.41) is 0. The molecule has 0 N–H and O–H groups in total. The lowest BCUT2D eigenvalue weighted by Crippen LogP contribution is -2.39. The Morgan fingerprint density at radius 2 is 1.67 bits per heavy atom. The van der Waals surface area contributed by atoms with Crippen molar-refractivity contribution in [3.63, 3.8) is 0 Å². The van der Waals surface area contributed by atoms with E-state index >= 15 is 0 Å². The SMILES string of the molecule is C[C@@H](c1ccccc1)C(C)(C)C(=O)O[Si](C)(C)C. The number of carbonyl (C=O) groups excluding carboxylic acids is 1. The van der Waals surface area contributed by atoms with E-state index in [0.717, 1.165) is 0 Å². The molecule has 1 aromatic rings. The van der Waals surface area contributed by atoms with Gasteiger partial charge in [-0.05, 0) is 45.0 Å². The Kier molecular flexibility index (Phi) is 4.38. The second kappa shape index (κ2) is 5.27. The van der Waals surface area contributed by atoms with E-state index in [0.29, 0.717) is 0 Å². The summed E-state index contributed by atoms with van der Waals surface area (Å²) in [5.74, 6) is 0.0561. The molecule has 1 atom stereocenters. The fraction of sp³-hybridized carbons (Fsp3) is 0.533. The molecule has 0 aliphatic carbocycles. The fourth-order valence-electron chi connectivity index (χ4n) is 1.74. The van der Waals surface area contributed by atoms with Crippen molar-refractivity contribution in [2.24, 2.45) is 5.41 Å². The molecule has 0 heterocycles. The minimum absolute atomic E-state index is 0.0852. The maximum Gasteiger partial charge on any atom is 0.298 e. The summed E-state index contributed by atoms with van der Waals surface area (Å²) >= 11 is 0. The van der Waals surface area contributed by atoms with Crippen LogP contribution in [0.25, 0.3) is 0 Å². The maximum atomic E-state index is 12.3. The predicted octanol–water partition coefficient (Wildman–Crippen LogP) is 4.19. The van der Waals surface area contributed by atoms with E-state index in [9.17, 15) is 4.79 Å². The summed E-state index contributed by atoms with van der Waals surface area (Å²) in [6.07, 6.45) is 0. The summed E-state index contributed by atoms with van der Waals surface area (Å²) in [4.78, 5) is 12.3. The van der Waals surface area contributed by atoms with Gasteiger partial charge in [0.25, 0.3) is 5.97 Å². The molecule has 0 amide bonds. The normalized spacial score (nSPS) is 14.1. The second-order valence-corrected chi connectivity index (χ2v) is 10.8. The van der Waals surface area contributed by atoms with Gasteiger partial charge in [-0.1, -0.05) is 37.3 Å². The molecule has 0 spiro atoms. The molecule has 100 valence electrons. The van der Waals surface area contributed by atoms with Crippen molar-refractivity contribution in [3.05, 3.63) is 35.9 Å². The van der Waals surface area contributed by atoms with Gasteiger partial charge in [0.2, 0.25) is 8.32 Å². The molecular weight excluding hydrogens is 240 g/mol. The van der Waals surface area contributed by atoms with Crippen LogP contribution < -0.4 is 0 Å². The Morgan fingerprint density at radius 3 is 2.11 bits per heavy atom. The number of carbonyl (C=O) groups is 1. The lowest BCUT2D eigenvalue weighted by Gasteiger charge is -2.33. The highest BCUT2D eigenvalue weighted by molar-refractivity contribution is 6.71. The van der Waals surface area contributed by atoms with E-state index in [-0.39, 0.29) is 11.9 Å². The van der Waals surface area contributed by atoms with Crippen molar-refractivity contribution in [1.82, 2.24) is 0 Å². The maximum absolute atomic E-state index is 12.3. The molecule has 18 heavy (non-hydrogen) atoms. The third-order valence-corrected chi connectivity index (χ3v) is 4.10. The Morgan fingerprint density at radius 1 is 1.17 bits per heavy atom. The molecule has 0 aliphatic rings. The van der Waals surface area contributed by atoms with Gasteiger partial charge in [0.15, 0.2) is 0 Å². The topological polar surface area (TPSA) is 26.3 Å². The molecule has 0 bridgehead atoms. The van der Waals surface area contributed by atoms with Crippen molar-refractivity contribution < 1.29 is 9.22 Å². The standard InChI is InChI=1S/C15H24O2Si/c1-12(13-10-8-7-9-11-13)15(2,3)14(16)17-18(4,5)6/h7-12H,1-6H3/t12-/m0/s1. The first-order valence-corrected chi connectivity index (χ1v) is 9.84. The van der Waals surface area contributed by atoms with Crippen LogP contribution in [0.1, 0.15) is 32.3 Å². The number of rotatable bonds is 4. The lowest BCUT2D eigenvalue weighted by atomic mass is 9.76. The number of benzene rings is 1. The highest BCUT2D eigenvalue weighted by Crippen LogP contribution is 2.36. The van der Waals surface area contributed by atoms with Crippen LogP contribution in [-0.4, -0.2) is 14.3 Å². The summed E-state index contributed by atoms with van der Waals surface area (Å²) in [7, 11) is -1.83. The molecule has 0 fully saturated rings. The van der Waals surface area contributed by atoms with Crippen molar-refractivity contribution in [2.75, 3.05) is 0 Å². The summed E-state index contributed by atoms with van der Waals surface area (Å²) < 4.78 is 5.65. The van der Waals surface area contributed by atoms with E-state index in [2.05, 4.69) is 19.1 Å². The Bertz CT molecular complexity index is 404. The minimum atomic E-state index is -1.83. The molecule has 0 saturated heterocycles. The molecule has 0 saturated carbocycles. The van der Waals surface area contributed by atoms with Gasteiger partial charge >= 0.3 is 0 Å². The van der Waals surface area contributed by atoms with E-state index in [4.69, 9.17) is 4.43 Å². The lowest BCUT2D eigenvalue weighted by molar-refractivity contribution is -0.145. The van der Waals surface area contributed by atoms with E-state index < -0.39 is 13.7 Å². The van der Waals surface area contributed by atoms with Crippen molar-refractivity contribution in [3.8, 4) is 0 Å². The third-order valence-electron chi connectivity index (χ3n) is 3.31. The zero-order valence-electron chi connectivity index (χ0n) is 12.3. The Hall–Kier alpha value is -1.09. The fourth-order valence-corrected chi connectivity index (χ4v) is 2.56. The molecule has 1 rings (SSSR count). The molecule has 3 heteroatoms. The van der Waals surface area contributed by atoms with Crippen molar-refractivity contribution >= 4 is 14.3 Å². The molecule has 0 unspecified atom stereocenters. The van der Waals surface area contributed by atoms with Gasteiger partial charge in [-0.3, -0.25) is 4.79 Å². The average molecular weight is 264 g/mol. The quantitative estimate of drug-likeness (QED) is 0.762. The monoisotopic (exact) mass is 264 g/mol. The summed E-state index contributed by atoms with van der Waals surface area (Å²) in [6.45, 7) is 12.1. The van der Waals surface area contributed by atoms with E-state index in [1.54, 1.807) is 0 Å². The predicted molar refractivity (Wildman–Crippen MR) is 78.1 cm³/mol. The Labute approximate surface area is 111 Å². The van der Waals surface area contributed by atoms with Crippen molar-refractivity contribution in [2.45, 2.75) is 46.3 Å². The van der Waals surface area contributed by atoms with Gasteiger partial charge < -0.3 is 4.43 Å². The van der Waals surface area contributed by atoms with Gasteiger partial charge in [-0.25, -0.2) is 0 Å². The van der Waals surface area contributed by atoms with Gasteiger partial charge in [-0.15, -0.1) is 0 Å². The van der Waals surface area contributed by atoms with Crippen LogP contribution in [0.3, 0.4) is 0 Å². The zero-order valence-corrected chi connectivity index (χ0v) is 13.3. The van der Waals surface area contributed by atoms with Gasteiger partial charge in [0, 0.05) is 0 Å². The molecule has 0 radical (unpaired) electrons. The molecule has 0 aliphatic heterocycles. The highest BCUT2D eigenvalue weighted by Gasteiger charge is 2.38. The van der Waals surface area contributed by atoms with Gasteiger partial charge in [0.05, 0.1) is 5.41 Å². The molecule has 1 aromatic carbocycles. The second-order valence-electron chi connectivity index (χ2n) is 6.36. The smallest absolute Gasteiger partial charge is 0.298 e. The van der Waals surface area contributed by atoms with Crippen LogP contribution in [-0.2, 0) is 9.22 Å². The van der Waals surface area contributed by atoms with Crippen LogP contribution in [0, 0.1) is 5.41 Å². The number of hydrogen-bond acceptors (Lipinski definition) is 2. The zero-order chi connectivity index (χ0) is 14.0. The molecule has 0 aromatic heterocycles. The first-order valence-electron chi connectivity index (χ1n) is 6.43. The first kappa shape index (κ1) is 15.0. The van der Waals surface area contributed by atoms with Gasteiger partial charge in [0.1, 0.15) is 0 Å². The third kappa shape index (κ3) is 3.70. The van der Waals surface area contributed by atoms with E-state index in [1.165, 1.54) is 5.56 Å². The highest BCUT2D eigenvalue weighted by atomic mass is 28.4.